The Kier molecular flexibility index (Phi) is 4.64. The standard InChI is InChI=1S/C16H15ClO3/c1-19-13-6-3-11(4-7-13)9-15(18)12-5-8-14(17)16(10-12)20-2/h3-8,10H,9H2,1-2H3. The summed E-state index contributed by atoms with van der Waals surface area (Å²) in [6.07, 6.45) is 0.328. The van der Waals surface area contributed by atoms with Crippen molar-refractivity contribution in [1.29, 1.82) is 0 Å². The smallest absolute Gasteiger partial charge is 0.167 e. The van der Waals surface area contributed by atoms with Crippen LogP contribution in [0.5, 0.6) is 11.5 Å². The number of hydrogen-bond donors (Lipinski definition) is 0. The van der Waals surface area contributed by atoms with Crippen LogP contribution in [0.25, 0.3) is 0 Å². The summed E-state index contributed by atoms with van der Waals surface area (Å²) in [6, 6.07) is 12.5. The van der Waals surface area contributed by atoms with Gasteiger partial charge in [0, 0.05) is 12.0 Å². The molecular weight excluding hydrogens is 276 g/mol. The van der Waals surface area contributed by atoms with Crippen LogP contribution in [0.2, 0.25) is 5.02 Å². The number of halogens is 1. The summed E-state index contributed by atoms with van der Waals surface area (Å²) in [5.74, 6) is 1.30. The molecule has 3 nitrogen and oxygen atoms in total. The van der Waals surface area contributed by atoms with Gasteiger partial charge in [0.25, 0.3) is 0 Å². The highest BCUT2D eigenvalue weighted by molar-refractivity contribution is 6.32. The van der Waals surface area contributed by atoms with Crippen molar-refractivity contribution in [3.05, 3.63) is 58.6 Å². The lowest BCUT2D eigenvalue weighted by atomic mass is 10.0. The predicted octanol–water partition coefficient (Wildman–Crippen LogP) is 3.78. The molecule has 0 atom stereocenters. The van der Waals surface area contributed by atoms with Gasteiger partial charge in [-0.15, -0.1) is 0 Å². The van der Waals surface area contributed by atoms with Crippen LogP contribution in [0.4, 0.5) is 0 Å². The number of carbonyl (C=O) groups is 1. The Hall–Kier alpha value is -2.00. The molecule has 2 aromatic carbocycles. The maximum Gasteiger partial charge on any atom is 0.167 e. The quantitative estimate of drug-likeness (QED) is 0.786. The van der Waals surface area contributed by atoms with Crippen LogP contribution in [0, 0.1) is 0 Å². The van der Waals surface area contributed by atoms with E-state index in [4.69, 9.17) is 21.1 Å². The fraction of sp³-hybridized carbons (Fsp3) is 0.188. The highest BCUT2D eigenvalue weighted by Crippen LogP contribution is 2.25. The molecule has 0 spiro atoms. The Bertz CT molecular complexity index is 606. The highest BCUT2D eigenvalue weighted by atomic mass is 35.5. The average molecular weight is 291 g/mol. The second kappa shape index (κ2) is 6.44. The number of methoxy groups -OCH3 is 2. The van der Waals surface area contributed by atoms with E-state index in [1.807, 2.05) is 24.3 Å². The molecule has 0 heterocycles. The van der Waals surface area contributed by atoms with E-state index >= 15 is 0 Å². The van der Waals surface area contributed by atoms with E-state index < -0.39 is 0 Å². The predicted molar refractivity (Wildman–Crippen MR) is 79.0 cm³/mol. The summed E-state index contributed by atoms with van der Waals surface area (Å²) >= 11 is 5.94. The summed E-state index contributed by atoms with van der Waals surface area (Å²) < 4.78 is 10.2. The second-order valence-corrected chi connectivity index (χ2v) is 4.70. The van der Waals surface area contributed by atoms with Crippen molar-refractivity contribution in [2.75, 3.05) is 14.2 Å². The summed E-state index contributed by atoms with van der Waals surface area (Å²) in [4.78, 5) is 12.2. The van der Waals surface area contributed by atoms with Gasteiger partial charge in [-0.1, -0.05) is 23.7 Å². The van der Waals surface area contributed by atoms with Gasteiger partial charge in [0.1, 0.15) is 11.5 Å². The average Bonchev–Trinajstić information content (AvgIpc) is 2.48. The van der Waals surface area contributed by atoms with Gasteiger partial charge in [0.2, 0.25) is 0 Å². The molecule has 0 amide bonds. The molecule has 104 valence electrons. The van der Waals surface area contributed by atoms with E-state index in [2.05, 4.69) is 0 Å². The summed E-state index contributed by atoms with van der Waals surface area (Å²) in [5.41, 5.74) is 1.52. The van der Waals surface area contributed by atoms with E-state index in [0.29, 0.717) is 22.8 Å². The summed E-state index contributed by atoms with van der Waals surface area (Å²) in [6.45, 7) is 0. The van der Waals surface area contributed by atoms with E-state index in [1.54, 1.807) is 25.3 Å². The molecule has 0 bridgehead atoms. The van der Waals surface area contributed by atoms with Crippen LogP contribution in [0.1, 0.15) is 15.9 Å². The maximum atomic E-state index is 12.2. The maximum absolute atomic E-state index is 12.2. The summed E-state index contributed by atoms with van der Waals surface area (Å²) in [5, 5.41) is 0.494. The molecule has 0 aromatic heterocycles. The van der Waals surface area contributed by atoms with Gasteiger partial charge >= 0.3 is 0 Å². The van der Waals surface area contributed by atoms with E-state index in [-0.39, 0.29) is 5.78 Å². The monoisotopic (exact) mass is 290 g/mol. The van der Waals surface area contributed by atoms with Crippen LogP contribution < -0.4 is 9.47 Å². The van der Waals surface area contributed by atoms with Crippen LogP contribution in [-0.4, -0.2) is 20.0 Å². The molecule has 0 N–H and O–H groups in total. The lowest BCUT2D eigenvalue weighted by Crippen LogP contribution is -2.04. The SMILES string of the molecule is COc1ccc(CC(=O)c2ccc(Cl)c(OC)c2)cc1. The third kappa shape index (κ3) is 3.31. The van der Waals surface area contributed by atoms with Crippen molar-refractivity contribution >= 4 is 17.4 Å². The Morgan fingerprint density at radius 1 is 1.05 bits per heavy atom. The Morgan fingerprint density at radius 3 is 2.35 bits per heavy atom. The minimum Gasteiger partial charge on any atom is -0.497 e. The third-order valence-corrected chi connectivity index (χ3v) is 3.31. The fourth-order valence-electron chi connectivity index (χ4n) is 1.86. The number of ether oxygens (including phenoxy) is 2. The largest absolute Gasteiger partial charge is 0.497 e. The lowest BCUT2D eigenvalue weighted by Gasteiger charge is -2.06. The first-order chi connectivity index (χ1) is 9.63. The van der Waals surface area contributed by atoms with Crippen LogP contribution in [0.15, 0.2) is 42.5 Å². The van der Waals surface area contributed by atoms with Gasteiger partial charge in [-0.25, -0.2) is 0 Å². The minimum absolute atomic E-state index is 0.0186. The molecule has 20 heavy (non-hydrogen) atoms. The molecule has 0 radical (unpaired) electrons. The molecule has 4 heteroatoms. The van der Waals surface area contributed by atoms with Crippen LogP contribution >= 0.6 is 11.6 Å². The summed E-state index contributed by atoms with van der Waals surface area (Å²) in [7, 11) is 3.14. The Morgan fingerprint density at radius 2 is 1.75 bits per heavy atom. The minimum atomic E-state index is 0.0186. The number of Topliss-reactive ketones (excluding diaryl/α,β-unsaturated/α-hetero) is 1. The van der Waals surface area contributed by atoms with Crippen molar-refractivity contribution < 1.29 is 14.3 Å². The molecule has 0 aliphatic heterocycles. The first kappa shape index (κ1) is 14.4. The van der Waals surface area contributed by atoms with Gasteiger partial charge in [-0.3, -0.25) is 4.79 Å². The van der Waals surface area contributed by atoms with Gasteiger partial charge in [-0.2, -0.15) is 0 Å². The number of rotatable bonds is 5. The number of ketones is 1. The van der Waals surface area contributed by atoms with Crippen molar-refractivity contribution in [1.82, 2.24) is 0 Å². The van der Waals surface area contributed by atoms with Crippen molar-refractivity contribution in [2.45, 2.75) is 6.42 Å². The van der Waals surface area contributed by atoms with Crippen molar-refractivity contribution in [3.8, 4) is 11.5 Å². The zero-order valence-corrected chi connectivity index (χ0v) is 12.1. The molecule has 2 aromatic rings. The van der Waals surface area contributed by atoms with E-state index in [0.717, 1.165) is 11.3 Å². The first-order valence-electron chi connectivity index (χ1n) is 6.13. The van der Waals surface area contributed by atoms with E-state index in [1.165, 1.54) is 7.11 Å². The highest BCUT2D eigenvalue weighted by Gasteiger charge is 2.10. The third-order valence-electron chi connectivity index (χ3n) is 3.00. The molecule has 0 unspecified atom stereocenters. The van der Waals surface area contributed by atoms with Gasteiger partial charge in [-0.05, 0) is 35.9 Å². The number of benzene rings is 2. The van der Waals surface area contributed by atoms with Gasteiger partial charge < -0.3 is 9.47 Å². The molecule has 0 saturated carbocycles. The van der Waals surface area contributed by atoms with E-state index in [9.17, 15) is 4.79 Å². The molecule has 0 aliphatic rings. The normalized spacial score (nSPS) is 10.2. The van der Waals surface area contributed by atoms with Gasteiger partial charge in [0.15, 0.2) is 5.78 Å². The van der Waals surface area contributed by atoms with Crippen molar-refractivity contribution in [3.63, 3.8) is 0 Å². The van der Waals surface area contributed by atoms with Crippen LogP contribution in [-0.2, 0) is 6.42 Å². The number of carbonyl (C=O) groups excluding carboxylic acids is 1. The zero-order chi connectivity index (χ0) is 14.5. The van der Waals surface area contributed by atoms with Gasteiger partial charge in [0.05, 0.1) is 19.2 Å². The Balaban J connectivity index is 2.14. The zero-order valence-electron chi connectivity index (χ0n) is 11.4. The molecule has 0 saturated heterocycles. The van der Waals surface area contributed by atoms with Crippen molar-refractivity contribution in [2.24, 2.45) is 0 Å². The molecular formula is C16H15ClO3. The Labute approximate surface area is 123 Å². The number of hydrogen-bond acceptors (Lipinski definition) is 3. The molecule has 2 rings (SSSR count). The van der Waals surface area contributed by atoms with Crippen LogP contribution in [0.3, 0.4) is 0 Å². The molecule has 0 fully saturated rings. The fourth-order valence-corrected chi connectivity index (χ4v) is 2.06. The lowest BCUT2D eigenvalue weighted by molar-refractivity contribution is 0.0992. The first-order valence-corrected chi connectivity index (χ1v) is 6.51. The second-order valence-electron chi connectivity index (χ2n) is 4.30. The topological polar surface area (TPSA) is 35.5 Å². The molecule has 0 aliphatic carbocycles.